The summed E-state index contributed by atoms with van der Waals surface area (Å²) in [5.41, 5.74) is 2.43. The molecule has 0 aliphatic rings. The second-order valence-electron chi connectivity index (χ2n) is 7.36. The molecule has 7 nitrogen and oxygen atoms in total. The lowest BCUT2D eigenvalue weighted by Crippen LogP contribution is -2.16. The third-order valence-corrected chi connectivity index (χ3v) is 7.79. The molecule has 0 saturated heterocycles. The summed E-state index contributed by atoms with van der Waals surface area (Å²) < 4.78 is 6.84. The van der Waals surface area contributed by atoms with Crippen LogP contribution in [-0.4, -0.2) is 39.5 Å². The second kappa shape index (κ2) is 11.7. The number of aromatic nitrogens is 3. The molecular formula is C24H19Cl3N4O3S2. The number of esters is 1. The van der Waals surface area contributed by atoms with E-state index in [0.717, 1.165) is 5.56 Å². The number of carbonyl (C=O) groups is 2. The Morgan fingerprint density at radius 3 is 2.44 bits per heavy atom. The fourth-order valence-corrected chi connectivity index (χ4v) is 5.83. The Morgan fingerprint density at radius 2 is 1.78 bits per heavy atom. The number of nitrogens with one attached hydrogen (secondary N) is 1. The normalized spacial score (nSPS) is 10.9. The topological polar surface area (TPSA) is 86.1 Å². The highest BCUT2D eigenvalue weighted by Crippen LogP contribution is 2.37. The Morgan fingerprint density at radius 1 is 1.06 bits per heavy atom. The van der Waals surface area contributed by atoms with Crippen LogP contribution in [-0.2, 0) is 16.1 Å². The highest BCUT2D eigenvalue weighted by atomic mass is 35.5. The number of nitrogens with zero attached hydrogens (tertiary/aromatic N) is 3. The van der Waals surface area contributed by atoms with Gasteiger partial charge in [-0.25, -0.2) is 4.79 Å². The molecular weight excluding hydrogens is 563 g/mol. The monoisotopic (exact) mass is 580 g/mol. The Hall–Kier alpha value is -2.56. The summed E-state index contributed by atoms with van der Waals surface area (Å²) in [6, 6.07) is 12.2. The summed E-state index contributed by atoms with van der Waals surface area (Å²) in [7, 11) is 1.30. The number of hydrogen-bond donors (Lipinski definition) is 1. The van der Waals surface area contributed by atoms with Crippen molar-refractivity contribution in [2.75, 3.05) is 18.2 Å². The van der Waals surface area contributed by atoms with E-state index >= 15 is 0 Å². The number of carbonyl (C=O) groups excluding carboxylic acids is 2. The highest BCUT2D eigenvalue weighted by Gasteiger charge is 2.23. The molecule has 12 heteroatoms. The maximum absolute atomic E-state index is 12.8. The lowest BCUT2D eigenvalue weighted by molar-refractivity contribution is -0.113. The molecule has 2 heterocycles. The Kier molecular flexibility index (Phi) is 8.58. The largest absolute Gasteiger partial charge is 0.465 e. The minimum atomic E-state index is -0.542. The van der Waals surface area contributed by atoms with Crippen LogP contribution in [0.3, 0.4) is 0 Å². The maximum atomic E-state index is 12.8. The van der Waals surface area contributed by atoms with Crippen LogP contribution in [0, 0.1) is 0 Å². The van der Waals surface area contributed by atoms with Gasteiger partial charge in [-0.1, -0.05) is 58.7 Å². The molecule has 0 bridgehead atoms. The van der Waals surface area contributed by atoms with Gasteiger partial charge < -0.3 is 14.6 Å². The number of hydrogen-bond acceptors (Lipinski definition) is 7. The van der Waals surface area contributed by atoms with Gasteiger partial charge in [-0.3, -0.25) is 4.79 Å². The van der Waals surface area contributed by atoms with Crippen LogP contribution in [0.25, 0.3) is 22.5 Å². The van der Waals surface area contributed by atoms with E-state index in [-0.39, 0.29) is 11.7 Å². The van der Waals surface area contributed by atoms with E-state index in [4.69, 9.17) is 39.5 Å². The van der Waals surface area contributed by atoms with Crippen molar-refractivity contribution in [2.45, 2.75) is 18.6 Å². The third-order valence-electron chi connectivity index (χ3n) is 5.13. The van der Waals surface area contributed by atoms with Gasteiger partial charge in [0, 0.05) is 33.1 Å². The summed E-state index contributed by atoms with van der Waals surface area (Å²) >= 11 is 20.8. The lowest BCUT2D eigenvalue weighted by Gasteiger charge is -2.09. The Labute approximate surface area is 230 Å². The molecule has 1 N–H and O–H groups in total. The molecule has 0 radical (unpaired) electrons. The minimum absolute atomic E-state index is 0.0568. The van der Waals surface area contributed by atoms with Gasteiger partial charge in [-0.15, -0.1) is 21.5 Å². The van der Waals surface area contributed by atoms with Crippen LogP contribution in [0.5, 0.6) is 0 Å². The highest BCUT2D eigenvalue weighted by molar-refractivity contribution is 7.99. The molecule has 0 saturated carbocycles. The summed E-state index contributed by atoms with van der Waals surface area (Å²) in [5, 5.41) is 15.7. The molecule has 2 aromatic heterocycles. The molecule has 0 fully saturated rings. The van der Waals surface area contributed by atoms with Gasteiger partial charge >= 0.3 is 5.97 Å². The first-order valence-corrected chi connectivity index (χ1v) is 13.6. The van der Waals surface area contributed by atoms with Crippen LogP contribution in [0.15, 0.2) is 53.0 Å². The molecule has 4 aromatic rings. The first-order valence-electron chi connectivity index (χ1n) is 10.6. The van der Waals surface area contributed by atoms with E-state index < -0.39 is 5.97 Å². The SMILES string of the molecule is CCn1c(SCC(=O)Nc2scc(-c3ccc(Cl)cc3)c2C(=O)OC)nnc1-c1ccc(Cl)cc1Cl. The van der Waals surface area contributed by atoms with Crippen molar-refractivity contribution in [3.8, 4) is 22.5 Å². The molecule has 36 heavy (non-hydrogen) atoms. The number of thiophene rings is 1. The van der Waals surface area contributed by atoms with Crippen LogP contribution < -0.4 is 5.32 Å². The average Bonchev–Trinajstić information content (AvgIpc) is 3.46. The summed E-state index contributed by atoms with van der Waals surface area (Å²) in [6.45, 7) is 2.53. The number of ether oxygens (including phenoxy) is 1. The quantitative estimate of drug-likeness (QED) is 0.175. The predicted octanol–water partition coefficient (Wildman–Crippen LogP) is 7.17. The molecule has 0 atom stereocenters. The van der Waals surface area contributed by atoms with Gasteiger partial charge in [0.2, 0.25) is 5.91 Å². The zero-order valence-corrected chi connectivity index (χ0v) is 23.0. The number of amides is 1. The molecule has 0 spiro atoms. The van der Waals surface area contributed by atoms with Crippen molar-refractivity contribution in [3.63, 3.8) is 0 Å². The van der Waals surface area contributed by atoms with Crippen molar-refractivity contribution in [3.05, 3.63) is 68.5 Å². The molecule has 2 aromatic carbocycles. The van der Waals surface area contributed by atoms with Crippen LogP contribution in [0.1, 0.15) is 17.3 Å². The first-order chi connectivity index (χ1) is 17.3. The number of anilines is 1. The smallest absolute Gasteiger partial charge is 0.341 e. The van der Waals surface area contributed by atoms with E-state index in [2.05, 4.69) is 15.5 Å². The number of rotatable bonds is 8. The molecule has 0 aliphatic carbocycles. The van der Waals surface area contributed by atoms with Crippen molar-refractivity contribution >= 4 is 74.8 Å². The second-order valence-corrected chi connectivity index (χ2v) is 10.5. The van der Waals surface area contributed by atoms with Crippen molar-refractivity contribution in [2.24, 2.45) is 0 Å². The standard InChI is InChI=1S/C24H19Cl3N4O3S2/c1-3-31-21(16-9-8-15(26)10-18(16)27)29-30-24(31)36-12-19(32)28-22-20(23(33)34-2)17(11-35-22)13-4-6-14(25)7-5-13/h4-11H,3,12H2,1-2H3,(H,28,32). The summed E-state index contributed by atoms with van der Waals surface area (Å²) in [6.07, 6.45) is 0. The van der Waals surface area contributed by atoms with Crippen molar-refractivity contribution < 1.29 is 14.3 Å². The third kappa shape index (κ3) is 5.71. The maximum Gasteiger partial charge on any atom is 0.341 e. The van der Waals surface area contributed by atoms with Gasteiger partial charge in [0.25, 0.3) is 0 Å². The number of halogens is 3. The van der Waals surface area contributed by atoms with E-state index in [9.17, 15) is 9.59 Å². The van der Waals surface area contributed by atoms with Gasteiger partial charge in [0.05, 0.1) is 17.9 Å². The lowest BCUT2D eigenvalue weighted by atomic mass is 10.0. The Balaban J connectivity index is 1.51. The number of methoxy groups -OCH3 is 1. The van der Waals surface area contributed by atoms with E-state index in [1.165, 1.54) is 30.2 Å². The minimum Gasteiger partial charge on any atom is -0.465 e. The molecule has 0 unspecified atom stereocenters. The number of thioether (sulfide) groups is 1. The van der Waals surface area contributed by atoms with Gasteiger partial charge in [-0.05, 0) is 42.8 Å². The van der Waals surface area contributed by atoms with Gasteiger partial charge in [-0.2, -0.15) is 0 Å². The number of benzene rings is 2. The zero-order chi connectivity index (χ0) is 25.8. The first kappa shape index (κ1) is 26.5. The van der Waals surface area contributed by atoms with E-state index in [1.807, 2.05) is 11.5 Å². The van der Waals surface area contributed by atoms with Crippen LogP contribution in [0.2, 0.25) is 15.1 Å². The molecule has 186 valence electrons. The fourth-order valence-electron chi connectivity index (χ4n) is 3.44. The average molecular weight is 582 g/mol. The van der Waals surface area contributed by atoms with Gasteiger partial charge in [0.1, 0.15) is 10.6 Å². The van der Waals surface area contributed by atoms with Gasteiger partial charge in [0.15, 0.2) is 11.0 Å². The zero-order valence-electron chi connectivity index (χ0n) is 19.0. The van der Waals surface area contributed by atoms with Crippen molar-refractivity contribution in [1.82, 2.24) is 14.8 Å². The van der Waals surface area contributed by atoms with Crippen LogP contribution >= 0.6 is 57.9 Å². The summed E-state index contributed by atoms with van der Waals surface area (Å²) in [5.74, 6) is -0.201. The van der Waals surface area contributed by atoms with Crippen molar-refractivity contribution in [1.29, 1.82) is 0 Å². The summed E-state index contributed by atoms with van der Waals surface area (Å²) in [4.78, 5) is 25.4. The van der Waals surface area contributed by atoms with E-state index in [0.29, 0.717) is 54.3 Å². The predicted molar refractivity (Wildman–Crippen MR) is 147 cm³/mol. The molecule has 1 amide bonds. The van der Waals surface area contributed by atoms with Crippen LogP contribution in [0.4, 0.5) is 5.00 Å². The Bertz CT molecular complexity index is 1420. The molecule has 0 aliphatic heterocycles. The fraction of sp³-hybridized carbons (Fsp3) is 0.167. The van der Waals surface area contributed by atoms with E-state index in [1.54, 1.807) is 47.8 Å². The molecule has 4 rings (SSSR count).